The second-order valence-electron chi connectivity index (χ2n) is 4.30. The summed E-state index contributed by atoms with van der Waals surface area (Å²) in [6.07, 6.45) is -3.29. The molecule has 1 aromatic carbocycles. The molecule has 0 N–H and O–H groups in total. The van der Waals surface area contributed by atoms with Crippen molar-refractivity contribution in [2.24, 2.45) is 0 Å². The third-order valence-corrected chi connectivity index (χ3v) is 2.58. The molecule has 0 fully saturated rings. The van der Waals surface area contributed by atoms with Crippen LogP contribution in [0, 0.1) is 0 Å². The molecule has 0 aliphatic heterocycles. The van der Waals surface area contributed by atoms with Gasteiger partial charge in [0.1, 0.15) is 11.5 Å². The van der Waals surface area contributed by atoms with Gasteiger partial charge >= 0.3 is 18.3 Å². The average molecular weight is 348 g/mol. The predicted octanol–water partition coefficient (Wildman–Crippen LogP) is 2.97. The molecule has 1 aromatic rings. The van der Waals surface area contributed by atoms with Gasteiger partial charge in [-0.25, -0.2) is 4.79 Å². The molecule has 0 saturated carbocycles. The van der Waals surface area contributed by atoms with Crippen molar-refractivity contribution in [2.45, 2.75) is 19.2 Å². The Balaban J connectivity index is 2.77. The Morgan fingerprint density at radius 1 is 1.04 bits per heavy atom. The lowest BCUT2D eigenvalue weighted by Crippen LogP contribution is -2.17. The lowest BCUT2D eigenvalue weighted by molar-refractivity contribution is -0.274. The van der Waals surface area contributed by atoms with Gasteiger partial charge in [-0.3, -0.25) is 4.79 Å². The highest BCUT2D eigenvalue weighted by molar-refractivity contribution is 5.86. The minimum Gasteiger partial charge on any atom is -0.469 e. The number of rotatable bonds is 7. The fourth-order valence-corrected chi connectivity index (χ4v) is 1.53. The van der Waals surface area contributed by atoms with Gasteiger partial charge in [-0.1, -0.05) is 0 Å². The van der Waals surface area contributed by atoms with Gasteiger partial charge in [-0.05, 0) is 36.8 Å². The van der Waals surface area contributed by atoms with Gasteiger partial charge in [0.05, 0.1) is 14.2 Å². The largest absolute Gasteiger partial charge is 0.573 e. The fraction of sp³-hybridized carbons (Fsp3) is 0.333. The van der Waals surface area contributed by atoms with Crippen LogP contribution in [0.5, 0.6) is 11.5 Å². The molecule has 6 nitrogen and oxygen atoms in total. The van der Waals surface area contributed by atoms with Crippen LogP contribution >= 0.6 is 0 Å². The minimum atomic E-state index is -4.80. The van der Waals surface area contributed by atoms with Crippen molar-refractivity contribution in [3.05, 3.63) is 36.1 Å². The molecule has 1 rings (SSSR count). The van der Waals surface area contributed by atoms with E-state index in [2.05, 4.69) is 14.2 Å². The number of allylic oxidation sites excluding steroid dienone is 1. The van der Waals surface area contributed by atoms with Crippen LogP contribution in [0.25, 0.3) is 0 Å². The first-order valence-corrected chi connectivity index (χ1v) is 6.64. The van der Waals surface area contributed by atoms with E-state index in [1.807, 2.05) is 0 Å². The molecule has 24 heavy (non-hydrogen) atoms. The Hall–Kier alpha value is -2.71. The van der Waals surface area contributed by atoms with Crippen LogP contribution in [0.15, 0.2) is 36.1 Å². The summed E-state index contributed by atoms with van der Waals surface area (Å²) < 4.78 is 54.2. The summed E-state index contributed by atoms with van der Waals surface area (Å²) in [6.45, 7) is 0. The number of carbonyl (C=O) groups excluding carboxylic acids is 2. The molecule has 132 valence electrons. The molecule has 0 bridgehead atoms. The number of hydrogen-bond acceptors (Lipinski definition) is 6. The smallest absolute Gasteiger partial charge is 0.469 e. The van der Waals surface area contributed by atoms with Crippen molar-refractivity contribution in [1.82, 2.24) is 0 Å². The molecule has 0 saturated heterocycles. The number of carbonyl (C=O) groups is 2. The van der Waals surface area contributed by atoms with Crippen LogP contribution in [0.4, 0.5) is 13.2 Å². The highest BCUT2D eigenvalue weighted by atomic mass is 19.4. The van der Waals surface area contributed by atoms with Crippen molar-refractivity contribution >= 4 is 11.9 Å². The number of hydrogen-bond donors (Lipinski definition) is 0. The SMILES string of the molecule is COC(=O)CC/C=C(/Oc1ccc(OC(F)(F)F)cc1)C(=O)OC. The Kier molecular flexibility index (Phi) is 7.09. The lowest BCUT2D eigenvalue weighted by atomic mass is 10.2. The average Bonchev–Trinajstić information content (AvgIpc) is 2.53. The summed E-state index contributed by atoms with van der Waals surface area (Å²) in [5.74, 6) is -1.80. The zero-order valence-corrected chi connectivity index (χ0v) is 12.9. The molecular formula is C15H15F3O6. The van der Waals surface area contributed by atoms with E-state index in [-0.39, 0.29) is 24.4 Å². The summed E-state index contributed by atoms with van der Waals surface area (Å²) in [5, 5.41) is 0. The van der Waals surface area contributed by atoms with E-state index in [1.54, 1.807) is 0 Å². The highest BCUT2D eigenvalue weighted by Gasteiger charge is 2.31. The van der Waals surface area contributed by atoms with E-state index >= 15 is 0 Å². The third kappa shape index (κ3) is 7.03. The van der Waals surface area contributed by atoms with E-state index in [4.69, 9.17) is 4.74 Å². The van der Waals surface area contributed by atoms with E-state index in [1.165, 1.54) is 25.3 Å². The zero-order valence-electron chi connectivity index (χ0n) is 12.9. The normalized spacial score (nSPS) is 11.6. The van der Waals surface area contributed by atoms with E-state index < -0.39 is 24.1 Å². The Labute approximate surface area is 135 Å². The summed E-state index contributed by atoms with van der Waals surface area (Å²) in [6, 6.07) is 4.45. The van der Waals surface area contributed by atoms with Crippen molar-refractivity contribution < 1.29 is 41.7 Å². The van der Waals surface area contributed by atoms with E-state index in [9.17, 15) is 22.8 Å². The second kappa shape index (κ2) is 8.80. The number of alkyl halides is 3. The number of methoxy groups -OCH3 is 2. The molecule has 0 aromatic heterocycles. The molecule has 0 heterocycles. The number of benzene rings is 1. The van der Waals surface area contributed by atoms with Crippen molar-refractivity contribution in [3.8, 4) is 11.5 Å². The van der Waals surface area contributed by atoms with Crippen LogP contribution in [0.2, 0.25) is 0 Å². The lowest BCUT2D eigenvalue weighted by Gasteiger charge is -2.11. The van der Waals surface area contributed by atoms with Gasteiger partial charge in [0.25, 0.3) is 0 Å². The molecule has 0 aliphatic rings. The summed E-state index contributed by atoms with van der Waals surface area (Å²) in [5.41, 5.74) is 0. The van der Waals surface area contributed by atoms with Gasteiger partial charge in [-0.2, -0.15) is 0 Å². The Morgan fingerprint density at radius 2 is 1.62 bits per heavy atom. The number of esters is 2. The molecular weight excluding hydrogens is 333 g/mol. The summed E-state index contributed by atoms with van der Waals surface area (Å²) in [4.78, 5) is 22.6. The first-order valence-electron chi connectivity index (χ1n) is 6.64. The molecule has 0 radical (unpaired) electrons. The van der Waals surface area contributed by atoms with Crippen LogP contribution in [-0.4, -0.2) is 32.5 Å². The van der Waals surface area contributed by atoms with Crippen LogP contribution in [0.1, 0.15) is 12.8 Å². The molecule has 0 unspecified atom stereocenters. The second-order valence-corrected chi connectivity index (χ2v) is 4.30. The van der Waals surface area contributed by atoms with E-state index in [0.29, 0.717) is 0 Å². The minimum absolute atomic E-state index is 0.0265. The predicted molar refractivity (Wildman–Crippen MR) is 75.1 cm³/mol. The molecule has 0 atom stereocenters. The molecule has 9 heteroatoms. The molecule has 0 aliphatic carbocycles. The Bertz CT molecular complexity index is 592. The van der Waals surface area contributed by atoms with Crippen LogP contribution in [-0.2, 0) is 19.1 Å². The standard InChI is InChI=1S/C15H15F3O6/c1-21-13(19)5-3-4-12(14(20)22-2)23-10-6-8-11(9-7-10)24-15(16,17)18/h4,6-9H,3,5H2,1-2H3/b12-4+. The van der Waals surface area contributed by atoms with Crippen molar-refractivity contribution in [3.63, 3.8) is 0 Å². The van der Waals surface area contributed by atoms with Crippen LogP contribution in [0.3, 0.4) is 0 Å². The monoisotopic (exact) mass is 348 g/mol. The van der Waals surface area contributed by atoms with Gasteiger partial charge in [-0.15, -0.1) is 13.2 Å². The quantitative estimate of drug-likeness (QED) is 0.429. The third-order valence-electron chi connectivity index (χ3n) is 2.58. The van der Waals surface area contributed by atoms with Crippen molar-refractivity contribution in [1.29, 1.82) is 0 Å². The molecule has 0 spiro atoms. The maximum atomic E-state index is 12.1. The first-order chi connectivity index (χ1) is 11.2. The van der Waals surface area contributed by atoms with Gasteiger partial charge < -0.3 is 18.9 Å². The summed E-state index contributed by atoms with van der Waals surface area (Å²) >= 11 is 0. The van der Waals surface area contributed by atoms with E-state index in [0.717, 1.165) is 19.2 Å². The zero-order chi connectivity index (χ0) is 18.2. The topological polar surface area (TPSA) is 71.1 Å². The maximum absolute atomic E-state index is 12.1. The maximum Gasteiger partial charge on any atom is 0.573 e. The summed E-state index contributed by atoms with van der Waals surface area (Å²) in [7, 11) is 2.37. The van der Waals surface area contributed by atoms with Crippen LogP contribution < -0.4 is 9.47 Å². The fourth-order valence-electron chi connectivity index (χ4n) is 1.53. The first kappa shape index (κ1) is 19.3. The highest BCUT2D eigenvalue weighted by Crippen LogP contribution is 2.25. The Morgan fingerprint density at radius 3 is 2.12 bits per heavy atom. The van der Waals surface area contributed by atoms with Crippen molar-refractivity contribution in [2.75, 3.05) is 14.2 Å². The number of ether oxygens (including phenoxy) is 4. The molecule has 0 amide bonds. The number of halogens is 3. The van der Waals surface area contributed by atoms with Gasteiger partial charge in [0.2, 0.25) is 5.76 Å². The van der Waals surface area contributed by atoms with Gasteiger partial charge in [0, 0.05) is 6.42 Å². The van der Waals surface area contributed by atoms with Gasteiger partial charge in [0.15, 0.2) is 0 Å².